The Balaban J connectivity index is 2.34. The minimum absolute atomic E-state index is 0.101. The zero-order chi connectivity index (χ0) is 13.0. The van der Waals surface area contributed by atoms with E-state index in [1.807, 2.05) is 0 Å². The smallest absolute Gasteiger partial charge is 0.0674 e. The number of hydrogen-bond acceptors (Lipinski definition) is 0. The second-order valence-corrected chi connectivity index (χ2v) is 8.46. The van der Waals surface area contributed by atoms with Crippen LogP contribution in [0.3, 0.4) is 0 Å². The lowest BCUT2D eigenvalue weighted by Gasteiger charge is -2.23. The second-order valence-electron chi connectivity index (χ2n) is 4.69. The maximum Gasteiger partial charge on any atom is 0.106 e. The van der Waals surface area contributed by atoms with Gasteiger partial charge in [0.2, 0.25) is 0 Å². The van der Waals surface area contributed by atoms with Gasteiger partial charge >= 0.3 is 0 Å². The number of hydrogen-bond donors (Lipinski definition) is 0. The van der Waals surface area contributed by atoms with Gasteiger partial charge in [0.1, 0.15) is 3.23 Å². The van der Waals surface area contributed by atoms with Gasteiger partial charge in [0, 0.05) is 0 Å². The molecule has 2 heteroatoms. The van der Waals surface area contributed by atoms with Crippen LogP contribution >= 0.6 is 31.9 Å². The fourth-order valence-corrected chi connectivity index (χ4v) is 3.53. The van der Waals surface area contributed by atoms with Crippen molar-refractivity contribution in [2.45, 2.75) is 35.8 Å². The summed E-state index contributed by atoms with van der Waals surface area (Å²) < 4.78 is -0.101. The lowest BCUT2D eigenvalue weighted by Crippen LogP contribution is -2.09. The lowest BCUT2D eigenvalue weighted by molar-refractivity contribution is 0.650. The molecule has 0 radical (unpaired) electrons. The fraction of sp³-hybridized carbons (Fsp3) is 0.375. The van der Waals surface area contributed by atoms with Crippen LogP contribution in [-0.2, 0) is 3.23 Å². The first-order chi connectivity index (χ1) is 8.65. The molecule has 0 nitrogen and oxygen atoms in total. The van der Waals surface area contributed by atoms with Crippen LogP contribution < -0.4 is 0 Å². The van der Waals surface area contributed by atoms with Gasteiger partial charge in [-0.2, -0.15) is 0 Å². The molecule has 0 heterocycles. The molecule has 0 aromatic heterocycles. The Morgan fingerprint density at radius 2 is 1.67 bits per heavy atom. The molecule has 0 amide bonds. The van der Waals surface area contributed by atoms with Crippen LogP contribution in [0.5, 0.6) is 0 Å². The first-order valence-corrected chi connectivity index (χ1v) is 8.10. The third-order valence-electron chi connectivity index (χ3n) is 3.28. The van der Waals surface area contributed by atoms with E-state index >= 15 is 0 Å². The summed E-state index contributed by atoms with van der Waals surface area (Å²) in [5.74, 6) is 0. The highest BCUT2D eigenvalue weighted by Gasteiger charge is 2.26. The molecule has 0 atom stereocenters. The van der Waals surface area contributed by atoms with Crippen LogP contribution in [0.25, 0.3) is 10.8 Å². The highest BCUT2D eigenvalue weighted by atomic mass is 79.9. The number of rotatable bonds is 5. The van der Waals surface area contributed by atoms with E-state index in [-0.39, 0.29) is 3.23 Å². The standard InChI is InChI=1S/C16H18Br2/c1-2-3-6-12-16(17,18)15-11-7-9-13-8-4-5-10-14(13)15/h4-5,7-11H,2-3,6,12H2,1H3. The maximum atomic E-state index is 3.86. The van der Waals surface area contributed by atoms with Gasteiger partial charge in [0.05, 0.1) is 0 Å². The molecule has 0 spiro atoms. The van der Waals surface area contributed by atoms with Gasteiger partial charge in [-0.15, -0.1) is 0 Å². The van der Waals surface area contributed by atoms with Gasteiger partial charge in [-0.3, -0.25) is 0 Å². The van der Waals surface area contributed by atoms with E-state index < -0.39 is 0 Å². The molecule has 2 aromatic rings. The Kier molecular flexibility index (Phi) is 4.85. The maximum absolute atomic E-state index is 3.86. The van der Waals surface area contributed by atoms with Crippen LogP contribution in [0.2, 0.25) is 0 Å². The molecular weight excluding hydrogens is 352 g/mol. The molecule has 0 fully saturated rings. The molecule has 18 heavy (non-hydrogen) atoms. The quantitative estimate of drug-likeness (QED) is 0.424. The summed E-state index contributed by atoms with van der Waals surface area (Å²) in [5, 5.41) is 2.62. The van der Waals surface area contributed by atoms with Gasteiger partial charge in [0.15, 0.2) is 0 Å². The van der Waals surface area contributed by atoms with Crippen molar-refractivity contribution in [1.82, 2.24) is 0 Å². The number of halogens is 2. The molecule has 0 aliphatic heterocycles. The highest BCUT2D eigenvalue weighted by Crippen LogP contribution is 2.45. The van der Waals surface area contributed by atoms with Gasteiger partial charge in [0.25, 0.3) is 0 Å². The van der Waals surface area contributed by atoms with E-state index in [9.17, 15) is 0 Å². The topological polar surface area (TPSA) is 0 Å². The molecule has 0 saturated heterocycles. The molecule has 0 aliphatic rings. The largest absolute Gasteiger partial charge is 0.106 e. The lowest BCUT2D eigenvalue weighted by atomic mass is 9.99. The predicted octanol–water partition coefficient (Wildman–Crippen LogP) is 6.36. The van der Waals surface area contributed by atoms with Crippen molar-refractivity contribution in [3.05, 3.63) is 48.0 Å². The van der Waals surface area contributed by atoms with Gasteiger partial charge in [-0.25, -0.2) is 0 Å². The summed E-state index contributed by atoms with van der Waals surface area (Å²) in [6.07, 6.45) is 4.88. The van der Waals surface area contributed by atoms with E-state index in [1.54, 1.807) is 0 Å². The molecule has 2 rings (SSSR count). The molecule has 0 unspecified atom stereocenters. The third-order valence-corrected chi connectivity index (χ3v) is 4.93. The zero-order valence-corrected chi connectivity index (χ0v) is 13.8. The van der Waals surface area contributed by atoms with Crippen molar-refractivity contribution >= 4 is 42.6 Å². The number of benzene rings is 2. The van der Waals surface area contributed by atoms with Crippen molar-refractivity contribution in [1.29, 1.82) is 0 Å². The Bertz CT molecular complexity index is 512. The summed E-state index contributed by atoms with van der Waals surface area (Å²) in [5.41, 5.74) is 1.33. The zero-order valence-electron chi connectivity index (χ0n) is 10.6. The van der Waals surface area contributed by atoms with Crippen molar-refractivity contribution in [2.24, 2.45) is 0 Å². The predicted molar refractivity (Wildman–Crippen MR) is 87.6 cm³/mol. The second kappa shape index (κ2) is 6.21. The van der Waals surface area contributed by atoms with E-state index in [4.69, 9.17) is 0 Å². The van der Waals surface area contributed by atoms with E-state index in [0.29, 0.717) is 0 Å². The van der Waals surface area contributed by atoms with Crippen LogP contribution in [-0.4, -0.2) is 0 Å². The molecular formula is C16H18Br2. The normalized spacial score (nSPS) is 11.9. The number of fused-ring (bicyclic) bond motifs is 1. The van der Waals surface area contributed by atoms with Crippen LogP contribution in [0.4, 0.5) is 0 Å². The minimum Gasteiger partial charge on any atom is -0.0674 e. The molecule has 2 aromatic carbocycles. The summed E-state index contributed by atoms with van der Waals surface area (Å²) in [7, 11) is 0. The molecule has 0 N–H and O–H groups in total. The summed E-state index contributed by atoms with van der Waals surface area (Å²) in [4.78, 5) is 0. The third kappa shape index (κ3) is 3.16. The van der Waals surface area contributed by atoms with E-state index in [2.05, 4.69) is 81.2 Å². The first kappa shape index (κ1) is 14.1. The van der Waals surface area contributed by atoms with Crippen LogP contribution in [0.15, 0.2) is 42.5 Å². The molecule has 96 valence electrons. The Morgan fingerprint density at radius 1 is 0.944 bits per heavy atom. The average molecular weight is 370 g/mol. The molecule has 0 aliphatic carbocycles. The molecule has 0 bridgehead atoms. The van der Waals surface area contributed by atoms with Gasteiger partial charge in [-0.1, -0.05) is 101 Å². The van der Waals surface area contributed by atoms with Crippen molar-refractivity contribution in [3.8, 4) is 0 Å². The summed E-state index contributed by atoms with van der Waals surface area (Å²) in [6, 6.07) is 15.1. The Hall–Kier alpha value is -0.340. The van der Waals surface area contributed by atoms with Crippen LogP contribution in [0, 0.1) is 0 Å². The van der Waals surface area contributed by atoms with Gasteiger partial charge in [-0.05, 0) is 22.8 Å². The summed E-state index contributed by atoms with van der Waals surface area (Å²) >= 11 is 7.72. The van der Waals surface area contributed by atoms with Crippen molar-refractivity contribution in [2.75, 3.05) is 0 Å². The highest BCUT2D eigenvalue weighted by molar-refractivity contribution is 9.24. The monoisotopic (exact) mass is 368 g/mol. The first-order valence-electron chi connectivity index (χ1n) is 6.51. The van der Waals surface area contributed by atoms with E-state index in [1.165, 1.54) is 35.6 Å². The SMILES string of the molecule is CCCCCC(Br)(Br)c1cccc2ccccc12. The van der Waals surface area contributed by atoms with Crippen molar-refractivity contribution < 1.29 is 0 Å². The molecule has 0 saturated carbocycles. The fourth-order valence-electron chi connectivity index (χ4n) is 2.28. The van der Waals surface area contributed by atoms with Crippen LogP contribution in [0.1, 0.15) is 38.2 Å². The number of unbranched alkanes of at least 4 members (excludes halogenated alkanes) is 2. The summed E-state index contributed by atoms with van der Waals surface area (Å²) in [6.45, 7) is 2.24. The van der Waals surface area contributed by atoms with Crippen molar-refractivity contribution in [3.63, 3.8) is 0 Å². The van der Waals surface area contributed by atoms with Gasteiger partial charge < -0.3 is 0 Å². The minimum atomic E-state index is -0.101. The Labute approximate surface area is 126 Å². The number of alkyl halides is 2. The Morgan fingerprint density at radius 3 is 2.44 bits per heavy atom. The average Bonchev–Trinajstić information content (AvgIpc) is 2.38. The van der Waals surface area contributed by atoms with E-state index in [0.717, 1.165) is 6.42 Å².